The van der Waals surface area contributed by atoms with Crippen molar-refractivity contribution in [2.24, 2.45) is 0 Å². The van der Waals surface area contributed by atoms with Crippen molar-refractivity contribution in [1.82, 2.24) is 10.6 Å². The molecule has 0 aromatic carbocycles. The van der Waals surface area contributed by atoms with Gasteiger partial charge in [0.25, 0.3) is 0 Å². The van der Waals surface area contributed by atoms with Crippen molar-refractivity contribution in [3.63, 3.8) is 0 Å². The molecule has 0 spiro atoms. The maximum absolute atomic E-state index is 11.4. The second-order valence-electron chi connectivity index (χ2n) is 3.89. The lowest BCUT2D eigenvalue weighted by molar-refractivity contribution is -0.124. The number of rotatable bonds is 5. The maximum atomic E-state index is 11.4. The van der Waals surface area contributed by atoms with E-state index < -0.39 is 0 Å². The van der Waals surface area contributed by atoms with Gasteiger partial charge in [-0.3, -0.25) is 4.79 Å². The summed E-state index contributed by atoms with van der Waals surface area (Å²) in [4.78, 5) is 11.4. The lowest BCUT2D eigenvalue weighted by Gasteiger charge is -2.42. The molecular formula is C10H20N2O. The Hall–Kier alpha value is -0.570. The fraction of sp³-hybridized carbons (Fsp3) is 0.900. The van der Waals surface area contributed by atoms with E-state index >= 15 is 0 Å². The highest BCUT2D eigenvalue weighted by Gasteiger charge is 2.35. The molecular weight excluding hydrogens is 164 g/mol. The van der Waals surface area contributed by atoms with Crippen molar-refractivity contribution in [2.75, 3.05) is 13.6 Å². The van der Waals surface area contributed by atoms with Crippen molar-refractivity contribution < 1.29 is 4.79 Å². The van der Waals surface area contributed by atoms with Gasteiger partial charge in [0, 0.05) is 18.5 Å². The first-order chi connectivity index (χ1) is 6.22. The first-order valence-corrected chi connectivity index (χ1v) is 5.18. The van der Waals surface area contributed by atoms with Gasteiger partial charge in [0.15, 0.2) is 0 Å². The molecule has 0 aliphatic heterocycles. The molecule has 2 N–H and O–H groups in total. The van der Waals surface area contributed by atoms with E-state index in [1.54, 1.807) is 0 Å². The van der Waals surface area contributed by atoms with E-state index in [4.69, 9.17) is 0 Å². The molecule has 0 unspecified atom stereocenters. The van der Waals surface area contributed by atoms with E-state index in [0.29, 0.717) is 6.42 Å². The Bertz CT molecular complexity index is 170. The first-order valence-electron chi connectivity index (χ1n) is 5.18. The maximum Gasteiger partial charge on any atom is 0.221 e. The van der Waals surface area contributed by atoms with E-state index in [9.17, 15) is 4.79 Å². The number of amides is 1. The minimum absolute atomic E-state index is 0.158. The lowest BCUT2D eigenvalue weighted by atomic mass is 9.75. The van der Waals surface area contributed by atoms with Crippen LogP contribution >= 0.6 is 0 Å². The Morgan fingerprint density at radius 1 is 1.46 bits per heavy atom. The normalized spacial score (nSPS) is 19.2. The van der Waals surface area contributed by atoms with Crippen molar-refractivity contribution >= 4 is 5.91 Å². The summed E-state index contributed by atoms with van der Waals surface area (Å²) in [5.41, 5.74) is 0.158. The molecule has 1 aliphatic rings. The zero-order chi connectivity index (χ0) is 9.73. The number of hydrogen-bond acceptors (Lipinski definition) is 2. The van der Waals surface area contributed by atoms with Crippen LogP contribution in [-0.2, 0) is 4.79 Å². The molecule has 1 amide bonds. The molecule has 1 rings (SSSR count). The van der Waals surface area contributed by atoms with Crippen molar-refractivity contribution in [3.8, 4) is 0 Å². The summed E-state index contributed by atoms with van der Waals surface area (Å²) in [6.07, 6.45) is 5.25. The quantitative estimate of drug-likeness (QED) is 0.670. The Morgan fingerprint density at radius 3 is 2.54 bits per heavy atom. The van der Waals surface area contributed by atoms with Gasteiger partial charge in [-0.1, -0.05) is 6.92 Å². The molecule has 0 aromatic heterocycles. The van der Waals surface area contributed by atoms with Gasteiger partial charge in [-0.05, 0) is 32.7 Å². The molecule has 76 valence electrons. The lowest BCUT2D eigenvalue weighted by Crippen LogP contribution is -2.53. The van der Waals surface area contributed by atoms with Crippen LogP contribution in [0.1, 0.15) is 39.0 Å². The zero-order valence-electron chi connectivity index (χ0n) is 8.65. The summed E-state index contributed by atoms with van der Waals surface area (Å²) < 4.78 is 0. The summed E-state index contributed by atoms with van der Waals surface area (Å²) in [5.74, 6) is 0.191. The molecule has 13 heavy (non-hydrogen) atoms. The summed E-state index contributed by atoms with van der Waals surface area (Å²) in [6.45, 7) is 2.92. The molecule has 0 heterocycles. The fourth-order valence-corrected chi connectivity index (χ4v) is 1.77. The summed E-state index contributed by atoms with van der Waals surface area (Å²) >= 11 is 0. The van der Waals surface area contributed by atoms with Gasteiger partial charge in [0.2, 0.25) is 5.91 Å². The molecule has 0 bridgehead atoms. The highest BCUT2D eigenvalue weighted by Crippen LogP contribution is 2.34. The molecule has 1 saturated carbocycles. The Labute approximate surface area is 80.3 Å². The average molecular weight is 184 g/mol. The van der Waals surface area contributed by atoms with Crippen LogP contribution < -0.4 is 10.6 Å². The summed E-state index contributed by atoms with van der Waals surface area (Å²) in [6, 6.07) is 0. The number of hydrogen-bond donors (Lipinski definition) is 2. The summed E-state index contributed by atoms with van der Waals surface area (Å²) in [5, 5.41) is 6.11. The Kier molecular flexibility index (Phi) is 3.72. The van der Waals surface area contributed by atoms with Gasteiger partial charge >= 0.3 is 0 Å². The Balaban J connectivity index is 2.25. The van der Waals surface area contributed by atoms with Crippen LogP contribution in [-0.4, -0.2) is 25.0 Å². The highest BCUT2D eigenvalue weighted by atomic mass is 16.1. The SMILES string of the molecule is CCC1(NC(=O)CCNC)CCC1. The van der Waals surface area contributed by atoms with Crippen LogP contribution in [0.5, 0.6) is 0 Å². The second-order valence-corrected chi connectivity index (χ2v) is 3.89. The van der Waals surface area contributed by atoms with Crippen LogP contribution in [0.25, 0.3) is 0 Å². The van der Waals surface area contributed by atoms with Gasteiger partial charge in [0.1, 0.15) is 0 Å². The molecule has 1 aliphatic carbocycles. The van der Waals surface area contributed by atoms with Gasteiger partial charge in [-0.2, -0.15) is 0 Å². The molecule has 3 nitrogen and oxygen atoms in total. The zero-order valence-corrected chi connectivity index (χ0v) is 8.65. The van der Waals surface area contributed by atoms with Crippen LogP contribution in [0, 0.1) is 0 Å². The highest BCUT2D eigenvalue weighted by molar-refractivity contribution is 5.77. The largest absolute Gasteiger partial charge is 0.351 e. The predicted octanol–water partition coefficient (Wildman–Crippen LogP) is 1.04. The van der Waals surface area contributed by atoms with E-state index in [0.717, 1.165) is 25.8 Å². The van der Waals surface area contributed by atoms with E-state index in [2.05, 4.69) is 17.6 Å². The molecule has 0 aromatic rings. The van der Waals surface area contributed by atoms with Gasteiger partial charge in [-0.15, -0.1) is 0 Å². The van der Waals surface area contributed by atoms with Crippen molar-refractivity contribution in [2.45, 2.75) is 44.6 Å². The van der Waals surface area contributed by atoms with Crippen molar-refractivity contribution in [1.29, 1.82) is 0 Å². The summed E-state index contributed by atoms with van der Waals surface area (Å²) in [7, 11) is 1.87. The third kappa shape index (κ3) is 2.69. The van der Waals surface area contributed by atoms with E-state index in [-0.39, 0.29) is 11.4 Å². The molecule has 1 fully saturated rings. The monoisotopic (exact) mass is 184 g/mol. The molecule has 0 atom stereocenters. The minimum atomic E-state index is 0.158. The van der Waals surface area contributed by atoms with Crippen LogP contribution in [0.4, 0.5) is 0 Å². The Morgan fingerprint density at radius 2 is 2.15 bits per heavy atom. The van der Waals surface area contributed by atoms with Crippen LogP contribution in [0.3, 0.4) is 0 Å². The predicted molar refractivity (Wildman–Crippen MR) is 53.6 cm³/mol. The smallest absolute Gasteiger partial charge is 0.221 e. The molecule has 0 radical (unpaired) electrons. The third-order valence-electron chi connectivity index (χ3n) is 2.99. The van der Waals surface area contributed by atoms with Gasteiger partial charge in [0.05, 0.1) is 0 Å². The van der Waals surface area contributed by atoms with Crippen molar-refractivity contribution in [3.05, 3.63) is 0 Å². The minimum Gasteiger partial charge on any atom is -0.351 e. The topological polar surface area (TPSA) is 41.1 Å². The van der Waals surface area contributed by atoms with Gasteiger partial charge < -0.3 is 10.6 Å². The van der Waals surface area contributed by atoms with Gasteiger partial charge in [-0.25, -0.2) is 0 Å². The number of carbonyl (C=O) groups excluding carboxylic acids is 1. The second kappa shape index (κ2) is 4.61. The molecule has 3 heteroatoms. The molecule has 0 saturated heterocycles. The van der Waals surface area contributed by atoms with Crippen LogP contribution in [0.2, 0.25) is 0 Å². The first kappa shape index (κ1) is 10.5. The van der Waals surface area contributed by atoms with E-state index in [1.807, 2.05) is 7.05 Å². The average Bonchev–Trinajstić information content (AvgIpc) is 2.08. The number of carbonyl (C=O) groups is 1. The fourth-order valence-electron chi connectivity index (χ4n) is 1.77. The van der Waals surface area contributed by atoms with E-state index in [1.165, 1.54) is 6.42 Å². The number of nitrogens with one attached hydrogen (secondary N) is 2. The standard InChI is InChI=1S/C10H20N2O/c1-3-10(6-4-7-10)12-9(13)5-8-11-2/h11H,3-8H2,1-2H3,(H,12,13). The third-order valence-corrected chi connectivity index (χ3v) is 2.99. The van der Waals surface area contributed by atoms with Crippen LogP contribution in [0.15, 0.2) is 0 Å².